The Morgan fingerprint density at radius 3 is 3.13 bits per heavy atom. The van der Waals surface area contributed by atoms with Crippen LogP contribution in [0.3, 0.4) is 0 Å². The Morgan fingerprint density at radius 2 is 2.33 bits per heavy atom. The molecule has 0 aromatic carbocycles. The Balaban J connectivity index is 2.00. The summed E-state index contributed by atoms with van der Waals surface area (Å²) in [5.41, 5.74) is 0. The van der Waals surface area contributed by atoms with Gasteiger partial charge in [0.1, 0.15) is 12.2 Å². The standard InChI is InChI=1S/C12H16O3/c1-2-5-9-8-11-10(15-11)6-3-4-7-12(13)14-9/h3-4,6-7,9-11H,2,5,8H2,1H3. The first-order valence-corrected chi connectivity index (χ1v) is 5.50. The highest BCUT2D eigenvalue weighted by Crippen LogP contribution is 2.30. The van der Waals surface area contributed by atoms with Crippen molar-refractivity contribution in [2.24, 2.45) is 0 Å². The number of esters is 1. The van der Waals surface area contributed by atoms with Crippen LogP contribution in [0.2, 0.25) is 0 Å². The van der Waals surface area contributed by atoms with Gasteiger partial charge in [-0.3, -0.25) is 0 Å². The van der Waals surface area contributed by atoms with Crippen LogP contribution in [0.15, 0.2) is 24.3 Å². The zero-order valence-electron chi connectivity index (χ0n) is 8.89. The normalized spacial score (nSPS) is 34.5. The molecule has 15 heavy (non-hydrogen) atoms. The average molecular weight is 208 g/mol. The van der Waals surface area contributed by atoms with E-state index in [9.17, 15) is 4.79 Å². The van der Waals surface area contributed by atoms with Crippen LogP contribution in [0.1, 0.15) is 26.2 Å². The number of rotatable bonds is 2. The molecule has 0 N–H and O–H groups in total. The first kappa shape index (κ1) is 10.4. The number of fused-ring (bicyclic) bond motifs is 1. The molecule has 2 rings (SSSR count). The summed E-state index contributed by atoms with van der Waals surface area (Å²) in [7, 11) is 0. The fourth-order valence-corrected chi connectivity index (χ4v) is 1.83. The Hall–Kier alpha value is -1.09. The highest BCUT2D eigenvalue weighted by molar-refractivity contribution is 5.82. The van der Waals surface area contributed by atoms with Gasteiger partial charge in [0.25, 0.3) is 0 Å². The van der Waals surface area contributed by atoms with Crippen molar-refractivity contribution in [3.8, 4) is 0 Å². The first-order valence-electron chi connectivity index (χ1n) is 5.50. The molecule has 0 bridgehead atoms. The van der Waals surface area contributed by atoms with Crippen LogP contribution < -0.4 is 0 Å². The highest BCUT2D eigenvalue weighted by atomic mass is 16.6. The Bertz CT molecular complexity index is 293. The number of hydrogen-bond acceptors (Lipinski definition) is 3. The van der Waals surface area contributed by atoms with E-state index < -0.39 is 0 Å². The summed E-state index contributed by atoms with van der Waals surface area (Å²) in [6, 6.07) is 0. The van der Waals surface area contributed by atoms with Crippen molar-refractivity contribution in [2.75, 3.05) is 0 Å². The minimum atomic E-state index is -0.253. The van der Waals surface area contributed by atoms with E-state index in [1.54, 1.807) is 6.08 Å². The van der Waals surface area contributed by atoms with E-state index in [1.807, 2.05) is 12.2 Å². The number of ether oxygens (including phenoxy) is 2. The molecule has 0 amide bonds. The summed E-state index contributed by atoms with van der Waals surface area (Å²) in [6.45, 7) is 2.09. The van der Waals surface area contributed by atoms with Gasteiger partial charge in [0.15, 0.2) is 0 Å². The van der Waals surface area contributed by atoms with Crippen LogP contribution in [-0.4, -0.2) is 24.3 Å². The van der Waals surface area contributed by atoms with Crippen LogP contribution in [0, 0.1) is 0 Å². The third kappa shape index (κ3) is 2.93. The van der Waals surface area contributed by atoms with E-state index in [4.69, 9.17) is 9.47 Å². The Labute approximate surface area is 89.8 Å². The summed E-state index contributed by atoms with van der Waals surface area (Å²) in [5, 5.41) is 0. The van der Waals surface area contributed by atoms with Crippen molar-refractivity contribution in [3.63, 3.8) is 0 Å². The monoisotopic (exact) mass is 208 g/mol. The predicted molar refractivity (Wildman–Crippen MR) is 56.3 cm³/mol. The number of carbonyl (C=O) groups is 1. The number of hydrogen-bond donors (Lipinski definition) is 0. The lowest BCUT2D eigenvalue weighted by molar-refractivity contribution is -0.143. The maximum Gasteiger partial charge on any atom is 0.331 e. The van der Waals surface area contributed by atoms with E-state index >= 15 is 0 Å². The summed E-state index contributed by atoms with van der Waals surface area (Å²) in [6.07, 6.45) is 10.2. The Kier molecular flexibility index (Phi) is 3.21. The molecule has 3 atom stereocenters. The predicted octanol–water partition coefficient (Wildman–Crippen LogP) is 1.98. The van der Waals surface area contributed by atoms with Crippen molar-refractivity contribution in [3.05, 3.63) is 24.3 Å². The van der Waals surface area contributed by atoms with Gasteiger partial charge >= 0.3 is 5.97 Å². The zero-order valence-corrected chi connectivity index (χ0v) is 8.89. The molecular weight excluding hydrogens is 192 g/mol. The molecule has 82 valence electrons. The van der Waals surface area contributed by atoms with Gasteiger partial charge in [-0.25, -0.2) is 4.79 Å². The minimum absolute atomic E-state index is 0.00801. The van der Waals surface area contributed by atoms with Crippen molar-refractivity contribution in [1.29, 1.82) is 0 Å². The topological polar surface area (TPSA) is 38.8 Å². The molecule has 3 heteroatoms. The van der Waals surface area contributed by atoms with Gasteiger partial charge in [-0.05, 0) is 6.42 Å². The molecule has 0 aromatic heterocycles. The van der Waals surface area contributed by atoms with E-state index in [0.717, 1.165) is 19.3 Å². The smallest absolute Gasteiger partial charge is 0.331 e. The molecule has 0 aliphatic carbocycles. The molecule has 3 unspecified atom stereocenters. The van der Waals surface area contributed by atoms with Gasteiger partial charge in [-0.1, -0.05) is 31.6 Å². The third-order valence-corrected chi connectivity index (χ3v) is 2.65. The van der Waals surface area contributed by atoms with E-state index in [0.29, 0.717) is 0 Å². The summed E-state index contributed by atoms with van der Waals surface area (Å²) < 4.78 is 10.8. The molecule has 0 spiro atoms. The largest absolute Gasteiger partial charge is 0.459 e. The number of allylic oxidation sites excluding steroid dienone is 2. The van der Waals surface area contributed by atoms with Gasteiger partial charge in [0.05, 0.1) is 6.10 Å². The van der Waals surface area contributed by atoms with Gasteiger partial charge in [-0.15, -0.1) is 0 Å². The molecule has 3 nitrogen and oxygen atoms in total. The lowest BCUT2D eigenvalue weighted by Gasteiger charge is -2.15. The fourth-order valence-electron chi connectivity index (χ4n) is 1.83. The lowest BCUT2D eigenvalue weighted by atomic mass is 10.1. The van der Waals surface area contributed by atoms with Crippen LogP contribution in [0.4, 0.5) is 0 Å². The molecule has 2 aliphatic rings. The first-order chi connectivity index (χ1) is 7.29. The Morgan fingerprint density at radius 1 is 1.47 bits per heavy atom. The maximum atomic E-state index is 11.3. The molecule has 0 radical (unpaired) electrons. The lowest BCUT2D eigenvalue weighted by Crippen LogP contribution is -2.19. The van der Waals surface area contributed by atoms with Crippen LogP contribution >= 0.6 is 0 Å². The van der Waals surface area contributed by atoms with E-state index in [2.05, 4.69) is 6.92 Å². The minimum Gasteiger partial charge on any atom is -0.459 e. The van der Waals surface area contributed by atoms with Crippen LogP contribution in [0.5, 0.6) is 0 Å². The quantitative estimate of drug-likeness (QED) is 0.514. The van der Waals surface area contributed by atoms with E-state index in [1.165, 1.54) is 6.08 Å². The van der Waals surface area contributed by atoms with Crippen molar-refractivity contribution < 1.29 is 14.3 Å². The second-order valence-electron chi connectivity index (χ2n) is 3.97. The van der Waals surface area contributed by atoms with Gasteiger partial charge < -0.3 is 9.47 Å². The second kappa shape index (κ2) is 4.62. The van der Waals surface area contributed by atoms with Gasteiger partial charge in [-0.2, -0.15) is 0 Å². The summed E-state index contributed by atoms with van der Waals surface area (Å²) in [5.74, 6) is -0.253. The number of epoxide rings is 1. The molecule has 1 saturated heterocycles. The molecule has 0 saturated carbocycles. The summed E-state index contributed by atoms with van der Waals surface area (Å²) in [4.78, 5) is 11.3. The summed E-state index contributed by atoms with van der Waals surface area (Å²) >= 11 is 0. The second-order valence-corrected chi connectivity index (χ2v) is 3.97. The van der Waals surface area contributed by atoms with Gasteiger partial charge in [0.2, 0.25) is 0 Å². The molecule has 1 fully saturated rings. The van der Waals surface area contributed by atoms with Crippen molar-refractivity contribution >= 4 is 5.97 Å². The zero-order chi connectivity index (χ0) is 10.7. The van der Waals surface area contributed by atoms with Crippen LogP contribution in [-0.2, 0) is 14.3 Å². The average Bonchev–Trinajstić information content (AvgIpc) is 2.92. The molecular formula is C12H16O3. The molecule has 2 heterocycles. The maximum absolute atomic E-state index is 11.3. The molecule has 2 aliphatic heterocycles. The third-order valence-electron chi connectivity index (χ3n) is 2.65. The molecule has 0 aromatic rings. The SMILES string of the molecule is CCCC1CC2OC2C=CC=CC(=O)O1. The van der Waals surface area contributed by atoms with Gasteiger partial charge in [0, 0.05) is 12.5 Å². The van der Waals surface area contributed by atoms with E-state index in [-0.39, 0.29) is 24.3 Å². The number of cyclic esters (lactones) is 1. The fraction of sp³-hybridized carbons (Fsp3) is 0.583. The number of carbonyl (C=O) groups excluding carboxylic acids is 1. The van der Waals surface area contributed by atoms with Crippen molar-refractivity contribution in [2.45, 2.75) is 44.5 Å². The van der Waals surface area contributed by atoms with Crippen molar-refractivity contribution in [1.82, 2.24) is 0 Å². The van der Waals surface area contributed by atoms with Crippen LogP contribution in [0.25, 0.3) is 0 Å². The highest BCUT2D eigenvalue weighted by Gasteiger charge is 2.38.